The maximum atomic E-state index is 12.8. The number of halogens is 2. The fourth-order valence-corrected chi connectivity index (χ4v) is 4.28. The first kappa shape index (κ1) is 23.5. The van der Waals surface area contributed by atoms with Crippen LogP contribution in [0.5, 0.6) is 0 Å². The number of amides is 1. The molecule has 2 aromatic rings. The summed E-state index contributed by atoms with van der Waals surface area (Å²) in [5, 5.41) is 12.1. The lowest BCUT2D eigenvalue weighted by Crippen LogP contribution is -2.50. The molecule has 10 heteroatoms. The molecule has 1 aromatic carbocycles. The van der Waals surface area contributed by atoms with Crippen LogP contribution in [-0.4, -0.2) is 68.6 Å². The number of nitrogens with two attached hydrogens (primary N) is 1. The number of hydrogen-bond acceptors (Lipinski definition) is 6. The van der Waals surface area contributed by atoms with Crippen molar-refractivity contribution in [1.82, 2.24) is 30.0 Å². The number of rotatable bonds is 5. The molecule has 0 unspecified atom stereocenters. The summed E-state index contributed by atoms with van der Waals surface area (Å²) in [6, 6.07) is 9.91. The number of benzene rings is 1. The Morgan fingerprint density at radius 3 is 2.48 bits per heavy atom. The van der Waals surface area contributed by atoms with E-state index in [-0.39, 0.29) is 30.7 Å². The van der Waals surface area contributed by atoms with E-state index in [1.807, 2.05) is 35.2 Å². The van der Waals surface area contributed by atoms with Crippen LogP contribution in [0.1, 0.15) is 25.1 Å². The third-order valence-electron chi connectivity index (χ3n) is 5.86. The third-order valence-corrected chi connectivity index (χ3v) is 5.86. The second-order valence-corrected chi connectivity index (χ2v) is 7.48. The fourth-order valence-electron chi connectivity index (χ4n) is 4.28. The highest BCUT2D eigenvalue weighted by molar-refractivity contribution is 5.85. The van der Waals surface area contributed by atoms with Gasteiger partial charge < -0.3 is 10.6 Å². The molecule has 0 spiro atoms. The van der Waals surface area contributed by atoms with Gasteiger partial charge in [-0.3, -0.25) is 9.69 Å². The van der Waals surface area contributed by atoms with Crippen molar-refractivity contribution in [3.05, 3.63) is 36.2 Å². The largest absolute Gasteiger partial charge is 0.340 e. The molecular weight excluding hydrogens is 413 g/mol. The minimum Gasteiger partial charge on any atom is -0.340 e. The molecule has 1 aliphatic heterocycles. The topological polar surface area (TPSA) is 93.2 Å². The van der Waals surface area contributed by atoms with Crippen molar-refractivity contribution in [3.8, 4) is 5.69 Å². The molecule has 1 aromatic heterocycles. The van der Waals surface area contributed by atoms with Crippen LogP contribution in [0.25, 0.3) is 5.69 Å². The van der Waals surface area contributed by atoms with E-state index in [9.17, 15) is 4.79 Å². The molecule has 1 aliphatic carbocycles. The lowest BCUT2D eigenvalue weighted by molar-refractivity contribution is -0.138. The monoisotopic (exact) mass is 441 g/mol. The highest BCUT2D eigenvalue weighted by Crippen LogP contribution is 2.32. The smallest absolute Gasteiger partial charge is 0.226 e. The minimum absolute atomic E-state index is 0. The Morgan fingerprint density at radius 2 is 1.79 bits per heavy atom. The van der Waals surface area contributed by atoms with E-state index in [2.05, 4.69) is 20.4 Å². The number of para-hydroxylation sites is 1. The van der Waals surface area contributed by atoms with Gasteiger partial charge in [-0.2, -0.15) is 4.68 Å². The first-order chi connectivity index (χ1) is 13.3. The van der Waals surface area contributed by atoms with Gasteiger partial charge in [0, 0.05) is 32.1 Å². The van der Waals surface area contributed by atoms with Gasteiger partial charge in [0.25, 0.3) is 0 Å². The summed E-state index contributed by atoms with van der Waals surface area (Å²) in [7, 11) is 0. The number of aromatic nitrogens is 4. The Labute approximate surface area is 183 Å². The highest BCUT2D eigenvalue weighted by atomic mass is 35.5. The number of nitrogens with zero attached hydrogens (tertiary/aromatic N) is 6. The quantitative estimate of drug-likeness (QED) is 0.755. The van der Waals surface area contributed by atoms with Crippen molar-refractivity contribution in [2.45, 2.75) is 25.8 Å². The van der Waals surface area contributed by atoms with Crippen LogP contribution in [0.15, 0.2) is 30.3 Å². The first-order valence-electron chi connectivity index (χ1n) is 9.80. The van der Waals surface area contributed by atoms with Crippen molar-refractivity contribution >= 4 is 30.7 Å². The summed E-state index contributed by atoms with van der Waals surface area (Å²) in [4.78, 5) is 17.2. The number of piperazine rings is 1. The molecular formula is C19H29Cl2N7O. The maximum Gasteiger partial charge on any atom is 0.226 e. The first-order valence-corrected chi connectivity index (χ1v) is 9.80. The van der Waals surface area contributed by atoms with Crippen LogP contribution in [-0.2, 0) is 11.3 Å². The summed E-state index contributed by atoms with van der Waals surface area (Å²) in [5.41, 5.74) is 6.81. The van der Waals surface area contributed by atoms with Gasteiger partial charge in [0.1, 0.15) is 0 Å². The Morgan fingerprint density at radius 1 is 1.07 bits per heavy atom. The zero-order valence-corrected chi connectivity index (χ0v) is 18.0. The molecule has 2 fully saturated rings. The molecule has 29 heavy (non-hydrogen) atoms. The second-order valence-electron chi connectivity index (χ2n) is 7.48. The van der Waals surface area contributed by atoms with Gasteiger partial charge in [0.2, 0.25) is 5.91 Å². The van der Waals surface area contributed by atoms with Gasteiger partial charge in [-0.25, -0.2) is 0 Å². The molecule has 8 nitrogen and oxygen atoms in total. The van der Waals surface area contributed by atoms with Crippen LogP contribution >= 0.6 is 24.8 Å². The van der Waals surface area contributed by atoms with E-state index >= 15 is 0 Å². The summed E-state index contributed by atoms with van der Waals surface area (Å²) < 4.78 is 1.78. The molecule has 2 N–H and O–H groups in total. The molecule has 0 radical (unpaired) electrons. The van der Waals surface area contributed by atoms with Crippen LogP contribution in [0.4, 0.5) is 0 Å². The molecule has 1 saturated heterocycles. The SMILES string of the molecule is Cl.Cl.NC[C@H]1CCC[C@H]1C(=O)N1CCN(Cc2nnnn2-c2ccccc2)CC1. The Balaban J connectivity index is 0.00000150. The lowest BCUT2D eigenvalue weighted by atomic mass is 9.94. The van der Waals surface area contributed by atoms with E-state index in [1.165, 1.54) is 0 Å². The maximum absolute atomic E-state index is 12.8. The van der Waals surface area contributed by atoms with E-state index in [4.69, 9.17) is 5.73 Å². The molecule has 2 heterocycles. The van der Waals surface area contributed by atoms with Crippen molar-refractivity contribution in [1.29, 1.82) is 0 Å². The van der Waals surface area contributed by atoms with Gasteiger partial charge in [0.15, 0.2) is 5.82 Å². The predicted molar refractivity (Wildman–Crippen MR) is 115 cm³/mol. The van der Waals surface area contributed by atoms with Gasteiger partial charge in [-0.05, 0) is 47.9 Å². The van der Waals surface area contributed by atoms with Crippen molar-refractivity contribution in [2.24, 2.45) is 17.6 Å². The standard InChI is InChI=1S/C19H27N7O.2ClH/c20-13-15-5-4-8-17(15)19(27)25-11-9-24(10-12-25)14-18-21-22-23-26(18)16-6-2-1-3-7-16;;/h1-3,6-7,15,17H,4-5,8-14,20H2;2*1H/t15-,17-;;/m1../s1. The van der Waals surface area contributed by atoms with Gasteiger partial charge in [-0.15, -0.1) is 29.9 Å². The van der Waals surface area contributed by atoms with E-state index < -0.39 is 0 Å². The molecule has 2 aliphatic rings. The summed E-state index contributed by atoms with van der Waals surface area (Å²) in [6.45, 7) is 4.51. The summed E-state index contributed by atoms with van der Waals surface area (Å²) in [5.74, 6) is 1.62. The highest BCUT2D eigenvalue weighted by Gasteiger charge is 2.35. The van der Waals surface area contributed by atoms with E-state index in [1.54, 1.807) is 4.68 Å². The number of hydrogen-bond donors (Lipinski definition) is 1. The van der Waals surface area contributed by atoms with Gasteiger partial charge >= 0.3 is 0 Å². The van der Waals surface area contributed by atoms with E-state index in [0.29, 0.717) is 24.9 Å². The number of tetrazole rings is 1. The Kier molecular flexibility index (Phi) is 8.82. The molecule has 160 valence electrons. The Hall–Kier alpha value is -1.74. The number of carbonyl (C=O) groups excluding carboxylic acids is 1. The number of carbonyl (C=O) groups is 1. The van der Waals surface area contributed by atoms with Crippen molar-refractivity contribution < 1.29 is 4.79 Å². The lowest BCUT2D eigenvalue weighted by Gasteiger charge is -2.36. The normalized spacial score (nSPS) is 22.0. The van der Waals surface area contributed by atoms with Crippen LogP contribution in [0.3, 0.4) is 0 Å². The minimum atomic E-state index is 0. The Bertz CT molecular complexity index is 765. The van der Waals surface area contributed by atoms with Gasteiger partial charge in [0.05, 0.1) is 12.2 Å². The molecule has 1 saturated carbocycles. The fraction of sp³-hybridized carbons (Fsp3) is 0.579. The second kappa shape index (κ2) is 10.9. The third kappa shape index (κ3) is 5.25. The molecule has 0 bridgehead atoms. The average Bonchev–Trinajstić information content (AvgIpc) is 3.38. The zero-order valence-electron chi connectivity index (χ0n) is 16.4. The van der Waals surface area contributed by atoms with Crippen molar-refractivity contribution in [2.75, 3.05) is 32.7 Å². The van der Waals surface area contributed by atoms with E-state index in [0.717, 1.165) is 57.0 Å². The predicted octanol–water partition coefficient (Wildman–Crippen LogP) is 1.53. The molecule has 1 amide bonds. The zero-order chi connectivity index (χ0) is 18.6. The van der Waals surface area contributed by atoms with Crippen LogP contribution < -0.4 is 5.73 Å². The summed E-state index contributed by atoms with van der Waals surface area (Å²) in [6.07, 6.45) is 3.21. The van der Waals surface area contributed by atoms with Crippen molar-refractivity contribution in [3.63, 3.8) is 0 Å². The van der Waals surface area contributed by atoms with Crippen LogP contribution in [0, 0.1) is 11.8 Å². The van der Waals surface area contributed by atoms with Crippen LogP contribution in [0.2, 0.25) is 0 Å². The van der Waals surface area contributed by atoms with Gasteiger partial charge in [-0.1, -0.05) is 24.6 Å². The molecule has 2 atom stereocenters. The average molecular weight is 442 g/mol. The molecule has 4 rings (SSSR count). The summed E-state index contributed by atoms with van der Waals surface area (Å²) >= 11 is 0.